The topological polar surface area (TPSA) is 83.8 Å². The Kier molecular flexibility index (Phi) is 13.2. The largest absolute Gasteiger partial charge is 0.481 e. The fraction of sp³-hybridized carbons (Fsp3) is 0.909. The highest BCUT2D eigenvalue weighted by molar-refractivity contribution is 5.75. The van der Waals surface area contributed by atoms with E-state index in [4.69, 9.17) is 9.84 Å². The number of carbonyl (C=O) groups excluding carboxylic acids is 1. The standard InChI is InChI=1S/C22H40O5/c1-2-3-4-5-6-7-8-9-10-11-15-20(23)17-27-22(26)19-14-12-13-18(16-19)21(24)25/h18-20,23H,2-17H2,1H3,(H,24,25). The van der Waals surface area contributed by atoms with E-state index in [0.29, 0.717) is 25.7 Å². The molecule has 2 N–H and O–H groups in total. The predicted molar refractivity (Wildman–Crippen MR) is 107 cm³/mol. The molecule has 27 heavy (non-hydrogen) atoms. The van der Waals surface area contributed by atoms with Crippen molar-refractivity contribution in [1.29, 1.82) is 0 Å². The van der Waals surface area contributed by atoms with Gasteiger partial charge in [-0.2, -0.15) is 0 Å². The van der Waals surface area contributed by atoms with Crippen LogP contribution in [-0.2, 0) is 14.3 Å². The first-order chi connectivity index (χ1) is 13.0. The molecule has 1 rings (SSSR count). The van der Waals surface area contributed by atoms with Crippen LogP contribution in [-0.4, -0.2) is 34.9 Å². The highest BCUT2D eigenvalue weighted by Crippen LogP contribution is 2.30. The van der Waals surface area contributed by atoms with Crippen LogP contribution in [0.1, 0.15) is 103 Å². The molecular formula is C22H40O5. The van der Waals surface area contributed by atoms with Gasteiger partial charge in [0.15, 0.2) is 0 Å². The van der Waals surface area contributed by atoms with Gasteiger partial charge in [0.25, 0.3) is 0 Å². The number of aliphatic carboxylic acids is 1. The van der Waals surface area contributed by atoms with Gasteiger partial charge in [-0.05, 0) is 25.7 Å². The van der Waals surface area contributed by atoms with Crippen LogP contribution in [0, 0.1) is 11.8 Å². The molecule has 3 unspecified atom stereocenters. The van der Waals surface area contributed by atoms with Gasteiger partial charge >= 0.3 is 11.9 Å². The van der Waals surface area contributed by atoms with Gasteiger partial charge in [-0.15, -0.1) is 0 Å². The minimum absolute atomic E-state index is 0.0322. The molecule has 0 aromatic heterocycles. The molecule has 5 heteroatoms. The minimum Gasteiger partial charge on any atom is -0.481 e. The summed E-state index contributed by atoms with van der Waals surface area (Å²) in [7, 11) is 0. The summed E-state index contributed by atoms with van der Waals surface area (Å²) >= 11 is 0. The molecule has 0 amide bonds. The van der Waals surface area contributed by atoms with Crippen LogP contribution in [0.5, 0.6) is 0 Å². The number of unbranched alkanes of at least 4 members (excludes halogenated alkanes) is 9. The third-order valence-electron chi connectivity index (χ3n) is 5.67. The van der Waals surface area contributed by atoms with Crippen LogP contribution >= 0.6 is 0 Å². The monoisotopic (exact) mass is 384 g/mol. The van der Waals surface area contributed by atoms with Crippen molar-refractivity contribution in [1.82, 2.24) is 0 Å². The number of aliphatic hydroxyl groups is 1. The molecule has 0 heterocycles. The Morgan fingerprint density at radius 2 is 1.48 bits per heavy atom. The van der Waals surface area contributed by atoms with Crippen molar-refractivity contribution in [3.05, 3.63) is 0 Å². The van der Waals surface area contributed by atoms with Gasteiger partial charge in [0.05, 0.1) is 17.9 Å². The predicted octanol–water partition coefficient (Wildman–Crippen LogP) is 5.09. The third kappa shape index (κ3) is 11.4. The molecule has 158 valence electrons. The Balaban J connectivity index is 1.99. The maximum atomic E-state index is 12.1. The maximum Gasteiger partial charge on any atom is 0.309 e. The summed E-state index contributed by atoms with van der Waals surface area (Å²) in [5.74, 6) is -1.94. The van der Waals surface area contributed by atoms with E-state index >= 15 is 0 Å². The van der Waals surface area contributed by atoms with E-state index in [1.54, 1.807) is 0 Å². The van der Waals surface area contributed by atoms with Crippen molar-refractivity contribution >= 4 is 11.9 Å². The molecule has 0 spiro atoms. The first-order valence-electron chi connectivity index (χ1n) is 11.1. The van der Waals surface area contributed by atoms with Gasteiger partial charge in [-0.1, -0.05) is 77.6 Å². The lowest BCUT2D eigenvalue weighted by Gasteiger charge is -2.25. The third-order valence-corrected chi connectivity index (χ3v) is 5.67. The van der Waals surface area contributed by atoms with Gasteiger partial charge in [0, 0.05) is 0 Å². The molecule has 0 aromatic carbocycles. The molecule has 1 aliphatic carbocycles. The van der Waals surface area contributed by atoms with Gasteiger partial charge in [0.1, 0.15) is 6.61 Å². The molecule has 0 saturated heterocycles. The van der Waals surface area contributed by atoms with E-state index in [2.05, 4.69) is 6.92 Å². The number of rotatable bonds is 15. The van der Waals surface area contributed by atoms with Crippen LogP contribution in [0.3, 0.4) is 0 Å². The van der Waals surface area contributed by atoms with Crippen molar-refractivity contribution in [2.45, 2.75) is 109 Å². The summed E-state index contributed by atoms with van der Waals surface area (Å²) in [5.41, 5.74) is 0. The summed E-state index contributed by atoms with van der Waals surface area (Å²) < 4.78 is 5.23. The fourth-order valence-electron chi connectivity index (χ4n) is 3.88. The lowest BCUT2D eigenvalue weighted by Crippen LogP contribution is -2.30. The number of carboxylic acid groups (broad SMARTS) is 1. The molecule has 0 aliphatic heterocycles. The molecule has 0 aromatic rings. The van der Waals surface area contributed by atoms with Crippen LogP contribution < -0.4 is 0 Å². The first kappa shape index (κ1) is 23.9. The second-order valence-electron chi connectivity index (χ2n) is 8.15. The first-order valence-corrected chi connectivity index (χ1v) is 11.1. The molecular weight excluding hydrogens is 344 g/mol. The number of carboxylic acids is 1. The Morgan fingerprint density at radius 1 is 0.926 bits per heavy atom. The lowest BCUT2D eigenvalue weighted by atomic mass is 9.81. The molecule has 1 fully saturated rings. The Bertz CT molecular complexity index is 410. The summed E-state index contributed by atoms with van der Waals surface area (Å²) in [6.45, 7) is 2.27. The lowest BCUT2D eigenvalue weighted by molar-refractivity contribution is -0.155. The van der Waals surface area contributed by atoms with Gasteiger partial charge in [-0.25, -0.2) is 0 Å². The van der Waals surface area contributed by atoms with E-state index in [1.165, 1.54) is 51.4 Å². The second kappa shape index (κ2) is 14.9. The van der Waals surface area contributed by atoms with E-state index in [9.17, 15) is 14.7 Å². The average Bonchev–Trinajstić information content (AvgIpc) is 2.67. The average molecular weight is 385 g/mol. The van der Waals surface area contributed by atoms with Crippen molar-refractivity contribution in [3.8, 4) is 0 Å². The summed E-state index contributed by atoms with van der Waals surface area (Å²) in [5, 5.41) is 19.1. The van der Waals surface area contributed by atoms with Crippen molar-refractivity contribution in [3.63, 3.8) is 0 Å². The molecule has 3 atom stereocenters. The number of hydrogen-bond acceptors (Lipinski definition) is 4. The van der Waals surface area contributed by atoms with E-state index < -0.39 is 18.0 Å². The Hall–Kier alpha value is -1.10. The van der Waals surface area contributed by atoms with Crippen LogP contribution in [0.2, 0.25) is 0 Å². The second-order valence-corrected chi connectivity index (χ2v) is 8.15. The maximum absolute atomic E-state index is 12.1. The fourth-order valence-corrected chi connectivity index (χ4v) is 3.88. The van der Waals surface area contributed by atoms with E-state index in [1.807, 2.05) is 0 Å². The highest BCUT2D eigenvalue weighted by atomic mass is 16.5. The molecule has 5 nitrogen and oxygen atoms in total. The molecule has 1 aliphatic rings. The van der Waals surface area contributed by atoms with Gasteiger partial charge in [0.2, 0.25) is 0 Å². The SMILES string of the molecule is CCCCCCCCCCCCC(O)COC(=O)C1CCCC(C(=O)O)C1. The van der Waals surface area contributed by atoms with Gasteiger partial charge in [-0.3, -0.25) is 9.59 Å². The van der Waals surface area contributed by atoms with Crippen molar-refractivity contribution in [2.75, 3.05) is 6.61 Å². The van der Waals surface area contributed by atoms with E-state index in [-0.39, 0.29) is 18.5 Å². The number of carbonyl (C=O) groups is 2. The molecule has 0 radical (unpaired) electrons. The number of aliphatic hydroxyl groups excluding tert-OH is 1. The van der Waals surface area contributed by atoms with Crippen LogP contribution in [0.4, 0.5) is 0 Å². The highest BCUT2D eigenvalue weighted by Gasteiger charge is 2.32. The summed E-state index contributed by atoms with van der Waals surface area (Å²) in [6.07, 6.45) is 15.0. The minimum atomic E-state index is -0.825. The summed E-state index contributed by atoms with van der Waals surface area (Å²) in [6, 6.07) is 0. The van der Waals surface area contributed by atoms with Crippen molar-refractivity contribution in [2.24, 2.45) is 11.8 Å². The zero-order valence-corrected chi connectivity index (χ0v) is 17.2. The number of ether oxygens (including phenoxy) is 1. The molecule has 0 bridgehead atoms. The number of esters is 1. The molecule has 1 saturated carbocycles. The Labute approximate surface area is 164 Å². The van der Waals surface area contributed by atoms with Gasteiger partial charge < -0.3 is 14.9 Å². The summed E-state index contributed by atoms with van der Waals surface area (Å²) in [4.78, 5) is 23.2. The zero-order valence-electron chi connectivity index (χ0n) is 17.2. The van der Waals surface area contributed by atoms with Crippen molar-refractivity contribution < 1.29 is 24.5 Å². The Morgan fingerprint density at radius 3 is 2.07 bits per heavy atom. The quantitative estimate of drug-likeness (QED) is 0.303. The number of hydrogen-bond donors (Lipinski definition) is 2. The zero-order chi connectivity index (χ0) is 19.9. The smallest absolute Gasteiger partial charge is 0.309 e. The van der Waals surface area contributed by atoms with Crippen LogP contribution in [0.15, 0.2) is 0 Å². The van der Waals surface area contributed by atoms with Crippen LogP contribution in [0.25, 0.3) is 0 Å². The van der Waals surface area contributed by atoms with E-state index in [0.717, 1.165) is 19.3 Å². The normalized spacial score (nSPS) is 21.0.